The number of likely N-dealkylation sites (tertiary alicyclic amines) is 1. The number of ether oxygens (including phenoxy) is 2. The molecule has 4 aliphatic rings. The largest absolute Gasteiger partial charge is 0.493 e. The molecule has 0 aliphatic carbocycles. The molecule has 14 nitrogen and oxygen atoms in total. The quantitative estimate of drug-likeness (QED) is 0.171. The van der Waals surface area contributed by atoms with Crippen LogP contribution in [0, 0.1) is 11.7 Å². The zero-order valence-corrected chi connectivity index (χ0v) is 30.6. The van der Waals surface area contributed by atoms with Crippen LogP contribution in [0.5, 0.6) is 5.75 Å². The van der Waals surface area contributed by atoms with Crippen molar-refractivity contribution >= 4 is 57.9 Å². The Bertz CT molecular complexity index is 2010. The third-order valence-corrected chi connectivity index (χ3v) is 11.8. The second-order valence-corrected chi connectivity index (χ2v) is 15.4. The summed E-state index contributed by atoms with van der Waals surface area (Å²) in [5.41, 5.74) is 0.657. The highest BCUT2D eigenvalue weighted by molar-refractivity contribution is 7.99. The van der Waals surface area contributed by atoms with Gasteiger partial charge in [0.2, 0.25) is 17.7 Å². The number of unbranched alkanes of at least 4 members (excludes halogenated alkanes) is 1. The van der Waals surface area contributed by atoms with Crippen LogP contribution in [-0.4, -0.2) is 100 Å². The van der Waals surface area contributed by atoms with Crippen LogP contribution in [0.1, 0.15) is 84.3 Å². The van der Waals surface area contributed by atoms with Crippen LogP contribution < -0.4 is 20.9 Å². The molecule has 286 valence electrons. The molecule has 3 N–H and O–H groups in total. The predicted molar refractivity (Wildman–Crippen MR) is 198 cm³/mol. The molecule has 7 rings (SSSR count). The number of thioether (sulfide) groups is 1. The number of aromatic amines is 1. The predicted octanol–water partition coefficient (Wildman–Crippen LogP) is 3.78. The summed E-state index contributed by atoms with van der Waals surface area (Å²) in [7, 11) is 0. The van der Waals surface area contributed by atoms with Crippen LogP contribution in [-0.2, 0) is 24.9 Å². The van der Waals surface area contributed by atoms with Crippen molar-refractivity contribution in [2.75, 3.05) is 44.8 Å². The number of nitrogens with zero attached hydrogens (tertiary/aromatic N) is 3. The van der Waals surface area contributed by atoms with Gasteiger partial charge in [0.25, 0.3) is 17.4 Å². The van der Waals surface area contributed by atoms with E-state index in [4.69, 9.17) is 9.47 Å². The van der Waals surface area contributed by atoms with Gasteiger partial charge in [-0.2, -0.15) is 11.8 Å². The van der Waals surface area contributed by atoms with Gasteiger partial charge < -0.3 is 24.7 Å². The maximum absolute atomic E-state index is 15.0. The highest BCUT2D eigenvalue weighted by Crippen LogP contribution is 2.33. The number of halogens is 1. The molecule has 3 aromatic rings. The van der Waals surface area contributed by atoms with Crippen LogP contribution in [0.15, 0.2) is 35.1 Å². The number of piperidine rings is 2. The van der Waals surface area contributed by atoms with Gasteiger partial charge in [0, 0.05) is 68.8 Å². The van der Waals surface area contributed by atoms with E-state index in [1.165, 1.54) is 6.07 Å². The first-order valence-electron chi connectivity index (χ1n) is 18.6. The average molecular weight is 763 g/mol. The molecular formula is C38H43FN6O8S. The van der Waals surface area contributed by atoms with Crippen LogP contribution in [0.4, 0.5) is 10.1 Å². The molecule has 3 saturated heterocycles. The third kappa shape index (κ3) is 8.28. The Morgan fingerprint density at radius 2 is 1.81 bits per heavy atom. The van der Waals surface area contributed by atoms with Crippen LogP contribution in [0.25, 0.3) is 10.9 Å². The van der Waals surface area contributed by atoms with Crippen LogP contribution in [0.3, 0.4) is 0 Å². The lowest BCUT2D eigenvalue weighted by Gasteiger charge is -2.32. The summed E-state index contributed by atoms with van der Waals surface area (Å²) in [4.78, 5) is 86.1. The summed E-state index contributed by atoms with van der Waals surface area (Å²) in [5.74, 6) is -1.30. The Hall–Kier alpha value is -4.83. The fourth-order valence-corrected chi connectivity index (χ4v) is 8.50. The Kier molecular flexibility index (Phi) is 11.6. The summed E-state index contributed by atoms with van der Waals surface area (Å²) in [5, 5.41) is 5.77. The van der Waals surface area contributed by atoms with Crippen molar-refractivity contribution in [1.29, 1.82) is 0 Å². The molecule has 4 aliphatic heterocycles. The van der Waals surface area contributed by atoms with Crippen molar-refractivity contribution in [2.24, 2.45) is 5.92 Å². The lowest BCUT2D eigenvalue weighted by atomic mass is 9.97. The van der Waals surface area contributed by atoms with E-state index in [2.05, 4.69) is 20.6 Å². The number of aromatic nitrogens is 2. The zero-order valence-electron chi connectivity index (χ0n) is 29.8. The number of carbonyl (C=O) groups is 5. The molecule has 1 unspecified atom stereocenters. The molecule has 16 heteroatoms. The zero-order chi connectivity index (χ0) is 37.8. The van der Waals surface area contributed by atoms with Crippen molar-refractivity contribution < 1.29 is 37.8 Å². The first-order chi connectivity index (χ1) is 26.2. The van der Waals surface area contributed by atoms with Crippen molar-refractivity contribution in [3.63, 3.8) is 0 Å². The number of benzene rings is 2. The molecule has 0 saturated carbocycles. The van der Waals surface area contributed by atoms with Crippen LogP contribution >= 0.6 is 11.8 Å². The topological polar surface area (TPSA) is 180 Å². The molecule has 0 bridgehead atoms. The highest BCUT2D eigenvalue weighted by Gasteiger charge is 2.45. The number of imide groups is 2. The van der Waals surface area contributed by atoms with E-state index in [0.29, 0.717) is 73.8 Å². The highest BCUT2D eigenvalue weighted by atomic mass is 32.2. The Morgan fingerprint density at radius 3 is 2.59 bits per heavy atom. The first-order valence-corrected chi connectivity index (χ1v) is 19.6. The lowest BCUT2D eigenvalue weighted by Crippen LogP contribution is -2.54. The van der Waals surface area contributed by atoms with E-state index < -0.39 is 41.0 Å². The number of H-pyrrole nitrogens is 1. The maximum Gasteiger partial charge on any atom is 0.264 e. The monoisotopic (exact) mass is 762 g/mol. The molecule has 0 spiro atoms. The van der Waals surface area contributed by atoms with Crippen molar-refractivity contribution in [3.05, 3.63) is 63.5 Å². The number of carbonyl (C=O) groups excluding carboxylic acids is 5. The summed E-state index contributed by atoms with van der Waals surface area (Å²) < 4.78 is 26.4. The van der Waals surface area contributed by atoms with Crippen molar-refractivity contribution in [1.82, 2.24) is 25.1 Å². The van der Waals surface area contributed by atoms with E-state index in [1.807, 2.05) is 4.90 Å². The number of amides is 5. The van der Waals surface area contributed by atoms with E-state index in [9.17, 15) is 33.2 Å². The number of nitrogens with one attached hydrogen (secondary N) is 3. The fraction of sp³-hybridized carbons (Fsp3) is 0.500. The van der Waals surface area contributed by atoms with E-state index in [0.717, 1.165) is 43.8 Å². The van der Waals surface area contributed by atoms with E-state index in [1.54, 1.807) is 36.0 Å². The number of hydrogen-bond acceptors (Lipinski definition) is 11. The molecule has 5 heterocycles. The van der Waals surface area contributed by atoms with Gasteiger partial charge in [0.05, 0.1) is 29.0 Å². The van der Waals surface area contributed by atoms with Crippen molar-refractivity contribution in [3.8, 4) is 5.75 Å². The summed E-state index contributed by atoms with van der Waals surface area (Å²) in [6.07, 6.45) is 5.18. The number of anilines is 1. The molecule has 0 radical (unpaired) electrons. The van der Waals surface area contributed by atoms with Gasteiger partial charge >= 0.3 is 0 Å². The molecule has 2 aromatic carbocycles. The molecule has 5 amide bonds. The molecular weight excluding hydrogens is 720 g/mol. The first kappa shape index (κ1) is 37.5. The minimum Gasteiger partial charge on any atom is -0.493 e. The molecule has 3 fully saturated rings. The second kappa shape index (κ2) is 16.7. The number of hydrogen-bond donors (Lipinski definition) is 3. The second-order valence-electron chi connectivity index (χ2n) is 14.1. The summed E-state index contributed by atoms with van der Waals surface area (Å²) in [6.45, 7) is 3.48. The van der Waals surface area contributed by atoms with Gasteiger partial charge in [0.1, 0.15) is 28.8 Å². The van der Waals surface area contributed by atoms with Gasteiger partial charge in [-0.25, -0.2) is 9.37 Å². The fourth-order valence-electron chi connectivity index (χ4n) is 7.45. The Labute approximate surface area is 314 Å². The SMILES string of the molecule is O=C1CCC(N2C(=O)c3cccc(NCCCCC(=O)N4CCC(COc5cc(F)c6c(=O)[nH]c(CSC7CCOCC7)nc6c5)CC4)c3C2=O)C(=O)N1. The number of rotatable bonds is 13. The Balaban J connectivity index is 0.837. The smallest absolute Gasteiger partial charge is 0.264 e. The minimum absolute atomic E-state index is 0.0511. The lowest BCUT2D eigenvalue weighted by molar-refractivity contribution is -0.136. The van der Waals surface area contributed by atoms with E-state index in [-0.39, 0.29) is 46.7 Å². The summed E-state index contributed by atoms with van der Waals surface area (Å²) >= 11 is 1.71. The van der Waals surface area contributed by atoms with Gasteiger partial charge in [-0.1, -0.05) is 6.07 Å². The maximum atomic E-state index is 15.0. The van der Waals surface area contributed by atoms with Gasteiger partial charge in [0.15, 0.2) is 0 Å². The normalized spacial score (nSPS) is 19.7. The molecule has 1 atom stereocenters. The molecule has 54 heavy (non-hydrogen) atoms. The molecule has 1 aromatic heterocycles. The van der Waals surface area contributed by atoms with E-state index >= 15 is 0 Å². The van der Waals surface area contributed by atoms with Crippen LogP contribution in [0.2, 0.25) is 0 Å². The summed E-state index contributed by atoms with van der Waals surface area (Å²) in [6, 6.07) is 6.73. The van der Waals surface area contributed by atoms with Gasteiger partial charge in [-0.05, 0) is 63.0 Å². The van der Waals surface area contributed by atoms with Gasteiger partial charge in [-0.3, -0.25) is 39.0 Å². The Morgan fingerprint density at radius 1 is 1.02 bits per heavy atom. The third-order valence-electron chi connectivity index (χ3n) is 10.5. The minimum atomic E-state index is -1.03. The van der Waals surface area contributed by atoms with Gasteiger partial charge in [-0.15, -0.1) is 0 Å². The number of fused-ring (bicyclic) bond motifs is 2. The standard InChI is InChI=1S/C38H43FN6O8S/c39-26-18-23(19-28-34(26)36(49)42-30(41-28)21-54-24-11-16-52-17-12-24)53-20-22-9-14-44(15-10-22)32(47)6-1-2-13-40-27-5-3-4-25-33(27)38(51)45(37(25)50)29-7-8-31(46)43-35(29)48/h3-5,18-19,22,24,29,40H,1-2,6-17,20-21H2,(H,41,42,49)(H,43,46,48). The average Bonchev–Trinajstić information content (AvgIpc) is 3.42. The van der Waals surface area contributed by atoms with Crippen molar-refractivity contribution in [2.45, 2.75) is 74.8 Å².